The molecule has 9 heteroatoms. The van der Waals surface area contributed by atoms with Crippen LogP contribution in [0.1, 0.15) is 53.4 Å². The Morgan fingerprint density at radius 2 is 1.89 bits per heavy atom. The Morgan fingerprint density at radius 3 is 2.61 bits per heavy atom. The van der Waals surface area contributed by atoms with Crippen LogP contribution < -0.4 is 10.6 Å². The summed E-state index contributed by atoms with van der Waals surface area (Å²) < 4.78 is 6.50. The quantitative estimate of drug-likeness (QED) is 0.291. The number of aromatic hydroxyl groups is 1. The van der Waals surface area contributed by atoms with Gasteiger partial charge in [-0.3, -0.25) is 4.79 Å². The van der Waals surface area contributed by atoms with Gasteiger partial charge in [-0.2, -0.15) is 9.78 Å². The van der Waals surface area contributed by atoms with Gasteiger partial charge in [0.1, 0.15) is 5.75 Å². The summed E-state index contributed by atoms with van der Waals surface area (Å²) in [6.45, 7) is 0.271. The van der Waals surface area contributed by atoms with Gasteiger partial charge in [-0.1, -0.05) is 42.6 Å². The Kier molecular flexibility index (Phi) is 6.77. The molecule has 0 spiro atoms. The molecule has 1 fully saturated rings. The molecule has 2 amide bonds. The minimum atomic E-state index is -0.421. The first-order valence-electron chi connectivity index (χ1n) is 11.8. The van der Waals surface area contributed by atoms with Crippen molar-refractivity contribution in [3.63, 3.8) is 0 Å². The molecule has 1 aliphatic carbocycles. The maximum Gasteiger partial charge on any atom is 0.342 e. The molecule has 3 N–H and O–H groups in total. The number of hydrogen-bond donors (Lipinski definition) is 3. The van der Waals surface area contributed by atoms with E-state index in [1.54, 1.807) is 30.3 Å². The normalized spacial score (nSPS) is 13.6. The first-order valence-corrected chi connectivity index (χ1v) is 12.2. The lowest BCUT2D eigenvalue weighted by molar-refractivity contribution is 0.0996. The van der Waals surface area contributed by atoms with E-state index < -0.39 is 5.91 Å². The van der Waals surface area contributed by atoms with E-state index in [2.05, 4.69) is 15.7 Å². The molecule has 0 aliphatic heterocycles. The van der Waals surface area contributed by atoms with Crippen molar-refractivity contribution in [2.75, 3.05) is 5.32 Å². The van der Waals surface area contributed by atoms with Crippen molar-refractivity contribution >= 4 is 29.2 Å². The minimum Gasteiger partial charge on any atom is -0.507 e. The van der Waals surface area contributed by atoms with Crippen molar-refractivity contribution < 1.29 is 19.1 Å². The molecule has 5 rings (SSSR count). The summed E-state index contributed by atoms with van der Waals surface area (Å²) in [5, 5.41) is 21.5. The molecule has 4 aromatic rings. The summed E-state index contributed by atoms with van der Waals surface area (Å²) in [4.78, 5) is 25.4. The first-order chi connectivity index (χ1) is 17.5. The summed E-state index contributed by atoms with van der Waals surface area (Å²) in [5.41, 5.74) is 2.97. The lowest BCUT2D eigenvalue weighted by atomic mass is 10.0. The summed E-state index contributed by atoms with van der Waals surface area (Å²) in [5.74, 6) is -0.103. The van der Waals surface area contributed by atoms with Gasteiger partial charge >= 0.3 is 6.03 Å². The number of rotatable bonds is 6. The number of nitrogens with zero attached hydrogens (tertiary/aromatic N) is 2. The fraction of sp³-hybridized carbons (Fsp3) is 0.222. The Bertz CT molecular complexity index is 1390. The number of halogens is 1. The van der Waals surface area contributed by atoms with E-state index in [0.717, 1.165) is 36.9 Å². The minimum absolute atomic E-state index is 0.0636. The lowest BCUT2D eigenvalue weighted by Gasteiger charge is -2.12. The molecule has 2 heterocycles. The van der Waals surface area contributed by atoms with Gasteiger partial charge in [0.2, 0.25) is 0 Å². The van der Waals surface area contributed by atoms with Crippen molar-refractivity contribution in [1.82, 2.24) is 15.1 Å². The molecule has 0 atom stereocenters. The zero-order valence-corrected chi connectivity index (χ0v) is 20.2. The predicted octanol–water partition coefficient (Wildman–Crippen LogP) is 6.17. The number of furan rings is 1. The van der Waals surface area contributed by atoms with Crippen LogP contribution in [-0.2, 0) is 6.54 Å². The monoisotopic (exact) mass is 504 g/mol. The lowest BCUT2D eigenvalue weighted by Crippen LogP contribution is -2.30. The van der Waals surface area contributed by atoms with Crippen molar-refractivity contribution in [2.24, 2.45) is 0 Å². The molecule has 1 saturated carbocycles. The number of phenols is 1. The topological polar surface area (TPSA) is 109 Å². The molecule has 8 nitrogen and oxygen atoms in total. The van der Waals surface area contributed by atoms with Gasteiger partial charge in [-0.15, -0.1) is 0 Å². The van der Waals surface area contributed by atoms with E-state index in [9.17, 15) is 14.7 Å². The highest BCUT2D eigenvalue weighted by atomic mass is 35.5. The van der Waals surface area contributed by atoms with E-state index >= 15 is 0 Å². The summed E-state index contributed by atoms with van der Waals surface area (Å²) in [6, 6.07) is 16.8. The first kappa shape index (κ1) is 23.7. The molecule has 0 saturated heterocycles. The third-order valence-electron chi connectivity index (χ3n) is 6.37. The van der Waals surface area contributed by atoms with Crippen LogP contribution in [0, 0.1) is 0 Å². The summed E-state index contributed by atoms with van der Waals surface area (Å²) >= 11 is 6.23. The second kappa shape index (κ2) is 10.3. The van der Waals surface area contributed by atoms with Crippen molar-refractivity contribution in [1.29, 1.82) is 0 Å². The summed E-state index contributed by atoms with van der Waals surface area (Å²) in [7, 11) is 0. The zero-order chi connectivity index (χ0) is 25.1. The fourth-order valence-corrected chi connectivity index (χ4v) is 4.72. The number of amides is 2. The standard InChI is InChI=1S/C27H25ClN4O4/c28-21-9-4-3-8-18(21)16-29-27(35)32-23(17-6-1-2-7-17)15-22(31-32)20-12-11-19(14-24(20)33)30-26(34)25-10-5-13-36-25/h3-5,8-15,17,33H,1-2,6-7,16H2,(H,29,35)(H,30,34). The van der Waals surface area contributed by atoms with E-state index in [0.29, 0.717) is 22.0 Å². The highest BCUT2D eigenvalue weighted by Gasteiger charge is 2.26. The van der Waals surface area contributed by atoms with Crippen LogP contribution >= 0.6 is 11.6 Å². The number of nitrogens with one attached hydrogen (secondary N) is 2. The van der Waals surface area contributed by atoms with Gasteiger partial charge in [-0.05, 0) is 54.8 Å². The van der Waals surface area contributed by atoms with Gasteiger partial charge in [0.05, 0.1) is 17.7 Å². The number of carbonyl (C=O) groups excluding carboxylic acids is 2. The van der Waals surface area contributed by atoms with Crippen molar-refractivity contribution in [3.8, 4) is 17.0 Å². The highest BCUT2D eigenvalue weighted by molar-refractivity contribution is 6.31. The molecule has 2 aromatic carbocycles. The molecule has 0 unspecified atom stereocenters. The molecule has 0 radical (unpaired) electrons. The Hall–Kier alpha value is -4.04. The van der Waals surface area contributed by atoms with Crippen LogP contribution in [0.4, 0.5) is 10.5 Å². The highest BCUT2D eigenvalue weighted by Crippen LogP contribution is 2.38. The average molecular weight is 505 g/mol. The van der Waals surface area contributed by atoms with Crippen molar-refractivity contribution in [3.05, 3.63) is 89.0 Å². The predicted molar refractivity (Wildman–Crippen MR) is 136 cm³/mol. The van der Waals surface area contributed by atoms with Gasteiger partial charge in [-0.25, -0.2) is 4.79 Å². The van der Waals surface area contributed by atoms with Gasteiger partial charge < -0.3 is 20.2 Å². The molecule has 1 aliphatic rings. The number of anilines is 1. The van der Waals surface area contributed by atoms with E-state index in [4.69, 9.17) is 16.0 Å². The number of hydrogen-bond acceptors (Lipinski definition) is 5. The van der Waals surface area contributed by atoms with Crippen LogP contribution in [0.3, 0.4) is 0 Å². The van der Waals surface area contributed by atoms with Gasteiger partial charge in [0, 0.05) is 34.8 Å². The second-order valence-electron chi connectivity index (χ2n) is 8.76. The SMILES string of the molecule is O=C(Nc1ccc(-c2cc(C3CCCC3)n(C(=O)NCc3ccccc3Cl)n2)c(O)c1)c1ccco1. The van der Waals surface area contributed by atoms with Crippen molar-refractivity contribution in [2.45, 2.75) is 38.1 Å². The van der Waals surface area contributed by atoms with Gasteiger partial charge in [0.25, 0.3) is 5.91 Å². The number of benzene rings is 2. The summed E-state index contributed by atoms with van der Waals surface area (Å²) in [6.07, 6.45) is 5.57. The van der Waals surface area contributed by atoms with E-state index in [-0.39, 0.29) is 30.0 Å². The fourth-order valence-electron chi connectivity index (χ4n) is 4.52. The number of aromatic nitrogens is 2. The third-order valence-corrected chi connectivity index (χ3v) is 6.74. The zero-order valence-electron chi connectivity index (χ0n) is 19.4. The van der Waals surface area contributed by atoms with Crippen LogP contribution in [0.25, 0.3) is 11.3 Å². The Labute approximate surface area is 212 Å². The van der Waals surface area contributed by atoms with E-state index in [1.807, 2.05) is 24.3 Å². The van der Waals surface area contributed by atoms with Crippen LogP contribution in [-0.4, -0.2) is 26.8 Å². The Balaban J connectivity index is 1.39. The molecular weight excluding hydrogens is 480 g/mol. The third kappa shape index (κ3) is 4.99. The Morgan fingerprint density at radius 1 is 1.08 bits per heavy atom. The van der Waals surface area contributed by atoms with Crippen LogP contribution in [0.5, 0.6) is 5.75 Å². The number of carbonyl (C=O) groups is 2. The number of phenolic OH excluding ortho intramolecular Hbond substituents is 1. The molecule has 184 valence electrons. The van der Waals surface area contributed by atoms with Crippen LogP contribution in [0.15, 0.2) is 71.3 Å². The molecule has 36 heavy (non-hydrogen) atoms. The molecule has 0 bridgehead atoms. The maximum absolute atomic E-state index is 13.2. The van der Waals surface area contributed by atoms with E-state index in [1.165, 1.54) is 17.0 Å². The van der Waals surface area contributed by atoms with Crippen LogP contribution in [0.2, 0.25) is 5.02 Å². The average Bonchev–Trinajstić information content (AvgIpc) is 3.65. The molecular formula is C27H25ClN4O4. The van der Waals surface area contributed by atoms with Gasteiger partial charge in [0.15, 0.2) is 5.76 Å². The molecule has 2 aromatic heterocycles. The smallest absolute Gasteiger partial charge is 0.342 e. The maximum atomic E-state index is 13.2. The second-order valence-corrected chi connectivity index (χ2v) is 9.17. The largest absolute Gasteiger partial charge is 0.507 e.